The first-order valence-electron chi connectivity index (χ1n) is 9.55. The summed E-state index contributed by atoms with van der Waals surface area (Å²) in [4.78, 5) is 26.2. The van der Waals surface area contributed by atoms with Gasteiger partial charge in [-0.1, -0.05) is 42.5 Å². The predicted molar refractivity (Wildman–Crippen MR) is 109 cm³/mol. The molecule has 0 saturated carbocycles. The molecule has 0 spiro atoms. The van der Waals surface area contributed by atoms with Gasteiger partial charge in [0, 0.05) is 19.6 Å². The SMILES string of the molecule is NS(=O)(=O)c1ccc(CNC(=O)C(=O)N2CCC(Cc3ccccc3)CC2)cc1. The predicted octanol–water partition coefficient (Wildman–Crippen LogP) is 1.43. The van der Waals surface area contributed by atoms with Crippen LogP contribution in [0.25, 0.3) is 0 Å². The van der Waals surface area contributed by atoms with E-state index in [9.17, 15) is 18.0 Å². The third-order valence-electron chi connectivity index (χ3n) is 5.17. The first-order valence-corrected chi connectivity index (χ1v) is 11.1. The number of carbonyl (C=O) groups excluding carboxylic acids is 2. The van der Waals surface area contributed by atoms with Crippen LogP contribution in [-0.2, 0) is 32.6 Å². The monoisotopic (exact) mass is 415 g/mol. The summed E-state index contributed by atoms with van der Waals surface area (Å²) in [6.45, 7) is 1.29. The van der Waals surface area contributed by atoms with Crippen LogP contribution in [0.5, 0.6) is 0 Å². The lowest BCUT2D eigenvalue weighted by Gasteiger charge is -2.31. The largest absolute Gasteiger partial charge is 0.344 e. The average Bonchev–Trinajstić information content (AvgIpc) is 2.72. The second-order valence-corrected chi connectivity index (χ2v) is 8.86. The molecule has 3 rings (SSSR count). The van der Waals surface area contributed by atoms with Gasteiger partial charge in [-0.05, 0) is 48.4 Å². The molecule has 0 radical (unpaired) electrons. The lowest BCUT2D eigenvalue weighted by atomic mass is 9.90. The Labute approximate surface area is 171 Å². The Morgan fingerprint density at radius 2 is 1.59 bits per heavy atom. The van der Waals surface area contributed by atoms with Crippen molar-refractivity contribution in [3.8, 4) is 0 Å². The van der Waals surface area contributed by atoms with Crippen LogP contribution in [0.3, 0.4) is 0 Å². The molecule has 2 aromatic carbocycles. The third-order valence-corrected chi connectivity index (χ3v) is 6.10. The molecule has 0 atom stereocenters. The highest BCUT2D eigenvalue weighted by atomic mass is 32.2. The highest BCUT2D eigenvalue weighted by Gasteiger charge is 2.26. The molecule has 154 valence electrons. The molecule has 0 unspecified atom stereocenters. The van der Waals surface area contributed by atoms with E-state index in [2.05, 4.69) is 17.4 Å². The molecule has 1 saturated heterocycles. The van der Waals surface area contributed by atoms with E-state index in [0.29, 0.717) is 24.6 Å². The highest BCUT2D eigenvalue weighted by Crippen LogP contribution is 2.21. The molecule has 1 fully saturated rings. The van der Waals surface area contributed by atoms with E-state index >= 15 is 0 Å². The zero-order chi connectivity index (χ0) is 20.9. The Hall–Kier alpha value is -2.71. The number of primary sulfonamides is 1. The summed E-state index contributed by atoms with van der Waals surface area (Å²) in [6, 6.07) is 16.1. The average molecular weight is 416 g/mol. The molecule has 1 aliphatic heterocycles. The van der Waals surface area contributed by atoms with Gasteiger partial charge in [-0.25, -0.2) is 13.6 Å². The molecule has 29 heavy (non-hydrogen) atoms. The minimum Gasteiger partial charge on any atom is -0.344 e. The van der Waals surface area contributed by atoms with Gasteiger partial charge in [0.1, 0.15) is 0 Å². The van der Waals surface area contributed by atoms with Crippen LogP contribution in [0.2, 0.25) is 0 Å². The van der Waals surface area contributed by atoms with Gasteiger partial charge in [0.2, 0.25) is 10.0 Å². The lowest BCUT2D eigenvalue weighted by Crippen LogP contribution is -2.46. The standard InChI is InChI=1S/C21H25N3O4S/c22-29(27,28)19-8-6-18(7-9-19)15-23-20(25)21(26)24-12-10-17(11-13-24)14-16-4-2-1-3-5-16/h1-9,17H,10-15H2,(H,23,25)(H2,22,27,28). The van der Waals surface area contributed by atoms with Crippen LogP contribution in [0.1, 0.15) is 24.0 Å². The van der Waals surface area contributed by atoms with Gasteiger partial charge >= 0.3 is 11.8 Å². The molecule has 1 heterocycles. The maximum absolute atomic E-state index is 12.4. The second kappa shape index (κ2) is 9.19. The molecule has 8 heteroatoms. The Morgan fingerprint density at radius 3 is 2.17 bits per heavy atom. The zero-order valence-electron chi connectivity index (χ0n) is 16.1. The molecular weight excluding hydrogens is 390 g/mol. The minimum absolute atomic E-state index is 0.00188. The first-order chi connectivity index (χ1) is 13.8. The van der Waals surface area contributed by atoms with E-state index in [4.69, 9.17) is 5.14 Å². The van der Waals surface area contributed by atoms with Crippen molar-refractivity contribution in [2.75, 3.05) is 13.1 Å². The van der Waals surface area contributed by atoms with Crippen molar-refractivity contribution >= 4 is 21.8 Å². The van der Waals surface area contributed by atoms with Crippen molar-refractivity contribution in [1.29, 1.82) is 0 Å². The van der Waals surface area contributed by atoms with Gasteiger partial charge in [0.15, 0.2) is 0 Å². The molecule has 0 aromatic heterocycles. The van der Waals surface area contributed by atoms with E-state index in [1.165, 1.54) is 17.7 Å². The van der Waals surface area contributed by atoms with Crippen LogP contribution < -0.4 is 10.5 Å². The van der Waals surface area contributed by atoms with E-state index in [0.717, 1.165) is 19.3 Å². The van der Waals surface area contributed by atoms with Crippen LogP contribution in [0.4, 0.5) is 0 Å². The van der Waals surface area contributed by atoms with Crippen molar-refractivity contribution in [3.63, 3.8) is 0 Å². The maximum Gasteiger partial charge on any atom is 0.311 e. The number of nitrogens with one attached hydrogen (secondary N) is 1. The topological polar surface area (TPSA) is 110 Å². The van der Waals surface area contributed by atoms with Crippen LogP contribution >= 0.6 is 0 Å². The zero-order valence-corrected chi connectivity index (χ0v) is 16.9. The fourth-order valence-electron chi connectivity index (χ4n) is 3.49. The van der Waals surface area contributed by atoms with Crippen molar-refractivity contribution in [3.05, 3.63) is 65.7 Å². The molecule has 3 N–H and O–H groups in total. The van der Waals surface area contributed by atoms with Gasteiger partial charge in [0.25, 0.3) is 0 Å². The number of amides is 2. The van der Waals surface area contributed by atoms with E-state index in [1.807, 2.05) is 18.2 Å². The maximum atomic E-state index is 12.4. The van der Waals surface area contributed by atoms with Gasteiger partial charge in [-0.2, -0.15) is 0 Å². The number of rotatable bonds is 5. The number of piperidine rings is 1. The summed E-state index contributed by atoms with van der Waals surface area (Å²) >= 11 is 0. The quantitative estimate of drug-likeness (QED) is 0.720. The van der Waals surface area contributed by atoms with Crippen molar-refractivity contribution in [2.45, 2.75) is 30.7 Å². The van der Waals surface area contributed by atoms with E-state index in [-0.39, 0.29) is 11.4 Å². The van der Waals surface area contributed by atoms with Gasteiger partial charge in [0.05, 0.1) is 4.90 Å². The molecule has 0 aliphatic carbocycles. The molecule has 2 amide bonds. The summed E-state index contributed by atoms with van der Waals surface area (Å²) in [5, 5.41) is 7.65. The molecule has 2 aromatic rings. The fourth-order valence-corrected chi connectivity index (χ4v) is 4.00. The number of likely N-dealkylation sites (tertiary alicyclic amines) is 1. The minimum atomic E-state index is -3.75. The Balaban J connectivity index is 1.45. The number of hydrogen-bond donors (Lipinski definition) is 2. The molecule has 7 nitrogen and oxygen atoms in total. The summed E-state index contributed by atoms with van der Waals surface area (Å²) in [5.41, 5.74) is 1.98. The third kappa shape index (κ3) is 5.88. The van der Waals surface area contributed by atoms with Gasteiger partial charge < -0.3 is 10.2 Å². The van der Waals surface area contributed by atoms with Crippen LogP contribution in [0.15, 0.2) is 59.5 Å². The summed E-state index contributed by atoms with van der Waals surface area (Å²) in [5.74, 6) is -0.659. The number of hydrogen-bond acceptors (Lipinski definition) is 4. The van der Waals surface area contributed by atoms with Crippen LogP contribution in [-0.4, -0.2) is 38.2 Å². The lowest BCUT2D eigenvalue weighted by molar-refractivity contribution is -0.146. The van der Waals surface area contributed by atoms with Crippen molar-refractivity contribution in [2.24, 2.45) is 11.1 Å². The molecule has 1 aliphatic rings. The number of nitrogens with two attached hydrogens (primary N) is 1. The number of carbonyl (C=O) groups is 2. The number of sulfonamides is 1. The Morgan fingerprint density at radius 1 is 0.966 bits per heavy atom. The van der Waals surface area contributed by atoms with Crippen molar-refractivity contribution < 1.29 is 18.0 Å². The van der Waals surface area contributed by atoms with Crippen molar-refractivity contribution in [1.82, 2.24) is 10.2 Å². The molecule has 0 bridgehead atoms. The smallest absolute Gasteiger partial charge is 0.311 e. The first kappa shape index (κ1) is 21.0. The molecular formula is C21H25N3O4S. The van der Waals surface area contributed by atoms with E-state index in [1.54, 1.807) is 17.0 Å². The number of nitrogens with zero attached hydrogens (tertiary/aromatic N) is 1. The second-order valence-electron chi connectivity index (χ2n) is 7.30. The normalized spacial score (nSPS) is 15.1. The fraction of sp³-hybridized carbons (Fsp3) is 0.333. The Kier molecular flexibility index (Phi) is 6.66. The van der Waals surface area contributed by atoms with Gasteiger partial charge in [-0.15, -0.1) is 0 Å². The number of benzene rings is 2. The Bertz CT molecular complexity index is 951. The van der Waals surface area contributed by atoms with E-state index < -0.39 is 21.8 Å². The highest BCUT2D eigenvalue weighted by molar-refractivity contribution is 7.89. The summed E-state index contributed by atoms with van der Waals surface area (Å²) < 4.78 is 22.5. The summed E-state index contributed by atoms with van der Waals surface area (Å²) in [6.07, 6.45) is 2.75. The van der Waals surface area contributed by atoms with Crippen LogP contribution in [0, 0.1) is 5.92 Å². The van der Waals surface area contributed by atoms with Gasteiger partial charge in [-0.3, -0.25) is 9.59 Å². The summed E-state index contributed by atoms with van der Waals surface area (Å²) in [7, 11) is -3.75.